The fraction of sp³-hybridized carbons (Fsp3) is 0.179. The van der Waals surface area contributed by atoms with Crippen LogP contribution in [0.4, 0.5) is 5.69 Å². The Labute approximate surface area is 214 Å². The van der Waals surface area contributed by atoms with Crippen LogP contribution in [-0.2, 0) is 17.9 Å². The second kappa shape index (κ2) is 11.2. The first-order valence-electron chi connectivity index (χ1n) is 11.6. The summed E-state index contributed by atoms with van der Waals surface area (Å²) in [6.45, 7) is 4.45. The number of nitrogens with one attached hydrogen (secondary N) is 2. The molecule has 4 aromatic rings. The monoisotopic (exact) mass is 502 g/mol. The summed E-state index contributed by atoms with van der Waals surface area (Å²) in [4.78, 5) is 25.7. The van der Waals surface area contributed by atoms with Gasteiger partial charge in [0.25, 0.3) is 5.91 Å². The Bertz CT molecular complexity index is 1360. The first kappa shape index (κ1) is 25.2. The lowest BCUT2D eigenvalue weighted by Crippen LogP contribution is -2.27. The zero-order valence-corrected chi connectivity index (χ0v) is 20.8. The normalized spacial score (nSPS) is 11.7. The number of benzene rings is 3. The minimum absolute atomic E-state index is 0.0841. The van der Waals surface area contributed by atoms with Gasteiger partial charge in [-0.2, -0.15) is 0 Å². The number of halogens is 1. The van der Waals surface area contributed by atoms with Crippen molar-refractivity contribution in [1.82, 2.24) is 10.5 Å². The van der Waals surface area contributed by atoms with Crippen molar-refractivity contribution in [3.8, 4) is 11.3 Å². The third-order valence-electron chi connectivity index (χ3n) is 6.01. The van der Waals surface area contributed by atoms with E-state index in [-0.39, 0.29) is 17.7 Å². The number of amides is 2. The van der Waals surface area contributed by atoms with Crippen LogP contribution in [0.15, 0.2) is 77.3 Å². The summed E-state index contributed by atoms with van der Waals surface area (Å²) in [6, 6.07) is 22.1. The van der Waals surface area contributed by atoms with E-state index in [9.17, 15) is 9.59 Å². The number of anilines is 1. The fourth-order valence-corrected chi connectivity index (χ4v) is 4.04. The lowest BCUT2D eigenvalue weighted by atomic mass is 9.99. The lowest BCUT2D eigenvalue weighted by Gasteiger charge is -2.14. The molecule has 3 aromatic carbocycles. The van der Waals surface area contributed by atoms with Gasteiger partial charge in [0.2, 0.25) is 5.91 Å². The molecular formula is C28H27ClN4O3. The first-order chi connectivity index (χ1) is 17.4. The molecule has 0 radical (unpaired) electrons. The molecule has 1 atom stereocenters. The van der Waals surface area contributed by atoms with Crippen LogP contribution in [0.25, 0.3) is 11.3 Å². The van der Waals surface area contributed by atoms with Gasteiger partial charge in [0.15, 0.2) is 0 Å². The lowest BCUT2D eigenvalue weighted by molar-refractivity contribution is -0.122. The summed E-state index contributed by atoms with van der Waals surface area (Å²) in [6.07, 6.45) is 0. The van der Waals surface area contributed by atoms with E-state index in [1.807, 2.05) is 49.4 Å². The van der Waals surface area contributed by atoms with Crippen molar-refractivity contribution in [2.24, 2.45) is 5.73 Å². The summed E-state index contributed by atoms with van der Waals surface area (Å²) in [5, 5.41) is 10.4. The van der Waals surface area contributed by atoms with Crippen molar-refractivity contribution < 1.29 is 14.1 Å². The molecular weight excluding hydrogens is 476 g/mol. The van der Waals surface area contributed by atoms with E-state index >= 15 is 0 Å². The van der Waals surface area contributed by atoms with Crippen LogP contribution >= 0.6 is 11.6 Å². The minimum Gasteiger partial charge on any atom is -0.360 e. The van der Waals surface area contributed by atoms with Crippen LogP contribution in [-0.4, -0.2) is 17.0 Å². The molecule has 0 fully saturated rings. The molecule has 8 heteroatoms. The number of rotatable bonds is 8. The highest BCUT2D eigenvalue weighted by Gasteiger charge is 2.23. The molecule has 2 amide bonds. The van der Waals surface area contributed by atoms with E-state index in [0.717, 1.165) is 16.7 Å². The highest BCUT2D eigenvalue weighted by molar-refractivity contribution is 6.33. The van der Waals surface area contributed by atoms with Gasteiger partial charge in [-0.05, 0) is 48.7 Å². The smallest absolute Gasteiger partial charge is 0.261 e. The number of carbonyl (C=O) groups is 2. The molecule has 1 heterocycles. The van der Waals surface area contributed by atoms with Crippen molar-refractivity contribution in [3.63, 3.8) is 0 Å². The van der Waals surface area contributed by atoms with Crippen molar-refractivity contribution >= 4 is 29.1 Å². The van der Waals surface area contributed by atoms with Gasteiger partial charge in [0.1, 0.15) is 17.0 Å². The Kier molecular flexibility index (Phi) is 7.83. The zero-order valence-electron chi connectivity index (χ0n) is 20.0. The summed E-state index contributed by atoms with van der Waals surface area (Å²) in [5.74, 6) is -0.408. The van der Waals surface area contributed by atoms with Crippen LogP contribution in [0.2, 0.25) is 5.02 Å². The topological polar surface area (TPSA) is 110 Å². The molecule has 0 bridgehead atoms. The highest BCUT2D eigenvalue weighted by atomic mass is 35.5. The largest absolute Gasteiger partial charge is 0.360 e. The second-order valence-corrected chi connectivity index (χ2v) is 8.89. The number of nitrogens with zero attached hydrogens (tertiary/aromatic N) is 1. The summed E-state index contributed by atoms with van der Waals surface area (Å²) >= 11 is 6.30. The van der Waals surface area contributed by atoms with Gasteiger partial charge in [0, 0.05) is 24.3 Å². The van der Waals surface area contributed by atoms with Gasteiger partial charge >= 0.3 is 0 Å². The number of hydrogen-bond acceptors (Lipinski definition) is 5. The predicted octanol–water partition coefficient (Wildman–Crippen LogP) is 5.43. The summed E-state index contributed by atoms with van der Waals surface area (Å²) in [7, 11) is 0. The average molecular weight is 503 g/mol. The molecule has 0 aliphatic rings. The fourth-order valence-electron chi connectivity index (χ4n) is 3.81. The third-order valence-corrected chi connectivity index (χ3v) is 6.34. The van der Waals surface area contributed by atoms with E-state index in [0.29, 0.717) is 46.4 Å². The number of aromatic nitrogens is 1. The quantitative estimate of drug-likeness (QED) is 0.297. The number of aryl methyl sites for hydroxylation is 1. The predicted molar refractivity (Wildman–Crippen MR) is 141 cm³/mol. The molecule has 0 spiro atoms. The van der Waals surface area contributed by atoms with E-state index in [4.69, 9.17) is 21.9 Å². The summed E-state index contributed by atoms with van der Waals surface area (Å²) < 4.78 is 5.29. The number of hydrogen-bond donors (Lipinski definition) is 3. The van der Waals surface area contributed by atoms with Gasteiger partial charge in [-0.3, -0.25) is 9.59 Å². The van der Waals surface area contributed by atoms with Crippen LogP contribution in [0, 0.1) is 6.92 Å². The van der Waals surface area contributed by atoms with Crippen molar-refractivity contribution in [2.45, 2.75) is 32.9 Å². The average Bonchev–Trinajstić information content (AvgIpc) is 3.29. The molecule has 7 nitrogen and oxygen atoms in total. The number of carbonyl (C=O) groups excluding carboxylic acids is 2. The van der Waals surface area contributed by atoms with Gasteiger partial charge in [-0.15, -0.1) is 0 Å². The number of nitrogens with two attached hydrogens (primary N) is 1. The van der Waals surface area contributed by atoms with Crippen LogP contribution in [0.5, 0.6) is 0 Å². The Morgan fingerprint density at radius 2 is 1.67 bits per heavy atom. The Hall–Kier alpha value is -3.94. The maximum atomic E-state index is 13.1. The molecule has 36 heavy (non-hydrogen) atoms. The van der Waals surface area contributed by atoms with Crippen LogP contribution in [0.1, 0.15) is 45.7 Å². The van der Waals surface area contributed by atoms with E-state index in [1.165, 1.54) is 0 Å². The molecule has 4 N–H and O–H groups in total. The zero-order chi connectivity index (χ0) is 25.7. The van der Waals surface area contributed by atoms with Gasteiger partial charge in [-0.25, -0.2) is 0 Å². The molecule has 184 valence electrons. The maximum absolute atomic E-state index is 13.1. The second-order valence-electron chi connectivity index (χ2n) is 8.48. The Morgan fingerprint density at radius 3 is 2.33 bits per heavy atom. The van der Waals surface area contributed by atoms with E-state index < -0.39 is 0 Å². The van der Waals surface area contributed by atoms with Crippen LogP contribution < -0.4 is 16.4 Å². The van der Waals surface area contributed by atoms with Crippen molar-refractivity contribution in [1.29, 1.82) is 0 Å². The standard InChI is InChI=1S/C28H27ClN4O3/c1-17(27(34)31-16-20-9-7-19(15-30)8-10-20)21-11-13-22(14-12-21)32-28(35)25-18(2)36-33-26(25)23-5-3-4-6-24(23)29/h3-14,17H,15-16,30H2,1-2H3,(H,31,34)(H,32,35). The Balaban J connectivity index is 1.40. The molecule has 0 saturated heterocycles. The first-order valence-corrected chi connectivity index (χ1v) is 11.9. The minimum atomic E-state index is -0.358. The van der Waals surface area contributed by atoms with Crippen molar-refractivity contribution in [3.05, 3.63) is 106 Å². The molecule has 4 rings (SSSR count). The van der Waals surface area contributed by atoms with E-state index in [1.54, 1.807) is 37.3 Å². The van der Waals surface area contributed by atoms with Crippen LogP contribution in [0.3, 0.4) is 0 Å². The SMILES string of the molecule is Cc1onc(-c2ccccc2Cl)c1C(=O)Nc1ccc(C(C)C(=O)NCc2ccc(CN)cc2)cc1. The molecule has 0 aliphatic carbocycles. The van der Waals surface area contributed by atoms with Crippen molar-refractivity contribution in [2.75, 3.05) is 5.32 Å². The molecule has 0 saturated carbocycles. The Morgan fingerprint density at radius 1 is 1.00 bits per heavy atom. The third kappa shape index (κ3) is 5.64. The maximum Gasteiger partial charge on any atom is 0.261 e. The highest BCUT2D eigenvalue weighted by Crippen LogP contribution is 2.31. The van der Waals surface area contributed by atoms with Gasteiger partial charge in [-0.1, -0.05) is 71.4 Å². The van der Waals surface area contributed by atoms with Gasteiger partial charge in [0.05, 0.1) is 10.9 Å². The summed E-state index contributed by atoms with van der Waals surface area (Å²) in [5.41, 5.74) is 10.4. The van der Waals surface area contributed by atoms with Gasteiger partial charge < -0.3 is 20.9 Å². The molecule has 1 unspecified atom stereocenters. The molecule has 0 aliphatic heterocycles. The van der Waals surface area contributed by atoms with E-state index in [2.05, 4.69) is 15.8 Å². The molecule has 1 aromatic heterocycles.